The number of benzene rings is 2. The van der Waals surface area contributed by atoms with Gasteiger partial charge in [0.1, 0.15) is 17.9 Å². The number of ether oxygens (including phenoxy) is 1. The van der Waals surface area contributed by atoms with Gasteiger partial charge in [-0.1, -0.05) is 24.2 Å². The number of aromatic amines is 1. The van der Waals surface area contributed by atoms with Gasteiger partial charge in [-0.15, -0.1) is 0 Å². The first-order chi connectivity index (χ1) is 20.5. The number of aromatic nitrogens is 4. The molecule has 1 N–H and O–H groups in total. The molecule has 0 bridgehead atoms. The molecule has 0 aliphatic carbocycles. The third kappa shape index (κ3) is 5.20. The van der Waals surface area contributed by atoms with Gasteiger partial charge in [0.05, 0.1) is 16.2 Å². The third-order valence-electron chi connectivity index (χ3n) is 8.84. The van der Waals surface area contributed by atoms with Crippen LogP contribution in [-0.4, -0.2) is 87.8 Å². The number of aryl methyl sites for hydroxylation is 2. The number of carbonyl (C=O) groups excluding carboxylic acids is 1. The number of likely N-dealkylation sites (tertiary alicyclic amines) is 1. The van der Waals surface area contributed by atoms with Crippen LogP contribution in [0.4, 0.5) is 10.2 Å². The van der Waals surface area contributed by atoms with Crippen molar-refractivity contribution in [3.05, 3.63) is 52.4 Å². The van der Waals surface area contributed by atoms with Gasteiger partial charge < -0.3 is 19.4 Å². The van der Waals surface area contributed by atoms with Crippen molar-refractivity contribution in [1.82, 2.24) is 30.0 Å². The number of likely N-dealkylation sites (N-methyl/N-ethyl adjacent to an activating group) is 1. The van der Waals surface area contributed by atoms with Gasteiger partial charge in [0.2, 0.25) is 5.91 Å². The quantitative estimate of drug-likeness (QED) is 0.283. The summed E-state index contributed by atoms with van der Waals surface area (Å²) in [6.45, 7) is 14.3. The van der Waals surface area contributed by atoms with Crippen molar-refractivity contribution in [2.45, 2.75) is 52.6 Å². The summed E-state index contributed by atoms with van der Waals surface area (Å²) >= 11 is 6.94. The van der Waals surface area contributed by atoms with E-state index in [0.717, 1.165) is 41.5 Å². The number of nitrogens with zero attached hydrogens (tertiary/aromatic N) is 6. The van der Waals surface area contributed by atoms with E-state index in [9.17, 15) is 4.79 Å². The van der Waals surface area contributed by atoms with Crippen LogP contribution in [0.1, 0.15) is 37.9 Å². The number of rotatable bonds is 6. The maximum Gasteiger partial charge on any atom is 0.319 e. The predicted molar refractivity (Wildman–Crippen MR) is 168 cm³/mol. The van der Waals surface area contributed by atoms with E-state index in [2.05, 4.69) is 38.6 Å². The Hall–Kier alpha value is -3.76. The van der Waals surface area contributed by atoms with E-state index in [1.54, 1.807) is 17.9 Å². The van der Waals surface area contributed by atoms with Crippen LogP contribution in [0.5, 0.6) is 6.01 Å². The number of nitrogens with one attached hydrogen (secondary N) is 1. The van der Waals surface area contributed by atoms with Gasteiger partial charge in [-0.25, -0.2) is 4.39 Å². The molecular weight excluding hydrogens is 569 g/mol. The fraction of sp³-hybridized carbons (Fsp3) is 0.438. The molecular formula is C32H37ClFN7O2. The minimum Gasteiger partial charge on any atom is -0.462 e. The van der Waals surface area contributed by atoms with Crippen LogP contribution >= 0.6 is 11.6 Å². The molecule has 0 radical (unpaired) electrons. The fourth-order valence-electron chi connectivity index (χ4n) is 6.46. The Morgan fingerprint density at radius 2 is 2.00 bits per heavy atom. The lowest BCUT2D eigenvalue weighted by atomic mass is 9.94. The molecule has 1 amide bonds. The molecule has 226 valence electrons. The molecule has 2 aromatic carbocycles. The van der Waals surface area contributed by atoms with Gasteiger partial charge in [0.15, 0.2) is 5.82 Å². The monoisotopic (exact) mass is 605 g/mol. The number of halogens is 2. The van der Waals surface area contributed by atoms with Crippen LogP contribution < -0.4 is 9.64 Å². The normalized spacial score (nSPS) is 19.5. The number of amides is 1. The number of hydrogen-bond donors (Lipinski definition) is 1. The number of piperazine rings is 1. The predicted octanol–water partition coefficient (Wildman–Crippen LogP) is 5.67. The zero-order chi connectivity index (χ0) is 30.6. The summed E-state index contributed by atoms with van der Waals surface area (Å²) < 4.78 is 23.1. The number of H-pyrrole nitrogens is 1. The van der Waals surface area contributed by atoms with Crippen LogP contribution in [0.3, 0.4) is 0 Å². The van der Waals surface area contributed by atoms with Crippen molar-refractivity contribution >= 4 is 45.1 Å². The SMILES string of the molecule is C=C(C)C(=O)N1CCN(c2nc(OC[C@H]3CCCN3C)nc3c(F)c(-c4c(C)ccc5[nH]nc(C)c45)c(Cl)cc23)[C@@H](C)C1. The first kappa shape index (κ1) is 29.3. The Bertz CT molecular complexity index is 1760. The van der Waals surface area contributed by atoms with Gasteiger partial charge in [0, 0.05) is 59.2 Å². The largest absolute Gasteiger partial charge is 0.462 e. The molecule has 2 aliphatic heterocycles. The molecule has 11 heteroatoms. The van der Waals surface area contributed by atoms with E-state index < -0.39 is 5.82 Å². The third-order valence-corrected chi connectivity index (χ3v) is 9.14. The van der Waals surface area contributed by atoms with Gasteiger partial charge in [-0.3, -0.25) is 9.89 Å². The van der Waals surface area contributed by atoms with E-state index in [4.69, 9.17) is 21.3 Å². The van der Waals surface area contributed by atoms with Crippen LogP contribution in [-0.2, 0) is 4.79 Å². The average Bonchev–Trinajstić information content (AvgIpc) is 3.57. The lowest BCUT2D eigenvalue weighted by Crippen LogP contribution is -2.54. The Balaban J connectivity index is 1.49. The van der Waals surface area contributed by atoms with Crippen molar-refractivity contribution in [3.8, 4) is 17.1 Å². The molecule has 43 heavy (non-hydrogen) atoms. The van der Waals surface area contributed by atoms with Crippen LogP contribution in [0.25, 0.3) is 32.9 Å². The number of hydrogen-bond acceptors (Lipinski definition) is 7. The van der Waals surface area contributed by atoms with E-state index in [0.29, 0.717) is 48.6 Å². The second kappa shape index (κ2) is 11.4. The molecule has 0 saturated carbocycles. The molecule has 0 spiro atoms. The Labute approximate surface area is 255 Å². The standard InChI is InChI=1S/C32H37ClFN7O2/c1-17(2)31(42)40-12-13-41(19(4)15-40)30-22-14-23(33)27(25-18(3)9-10-24-26(25)20(5)37-38-24)28(34)29(22)35-32(36-30)43-16-21-8-7-11-39(21)6/h9-10,14,19,21H,1,7-8,11-13,15-16H2,2-6H3,(H,37,38)/t19-,21+/m0/s1. The fourth-order valence-corrected chi connectivity index (χ4v) is 6.74. The molecule has 2 atom stereocenters. The molecule has 0 unspecified atom stereocenters. The zero-order valence-corrected chi connectivity index (χ0v) is 26.1. The molecule has 9 nitrogen and oxygen atoms in total. The summed E-state index contributed by atoms with van der Waals surface area (Å²) in [5, 5.41) is 8.97. The summed E-state index contributed by atoms with van der Waals surface area (Å²) in [5.74, 6) is -0.0630. The van der Waals surface area contributed by atoms with Crippen LogP contribution in [0.2, 0.25) is 5.02 Å². The maximum atomic E-state index is 16.9. The highest BCUT2D eigenvalue weighted by atomic mass is 35.5. The number of fused-ring (bicyclic) bond motifs is 2. The van der Waals surface area contributed by atoms with Crippen molar-refractivity contribution in [2.75, 3.05) is 44.7 Å². The summed E-state index contributed by atoms with van der Waals surface area (Å²) in [6, 6.07) is 5.89. The van der Waals surface area contributed by atoms with E-state index in [-0.39, 0.29) is 40.1 Å². The zero-order valence-electron chi connectivity index (χ0n) is 25.3. The second-order valence-electron chi connectivity index (χ2n) is 11.9. The van der Waals surface area contributed by atoms with Gasteiger partial charge >= 0.3 is 6.01 Å². The second-order valence-corrected chi connectivity index (χ2v) is 12.3. The smallest absolute Gasteiger partial charge is 0.319 e. The minimum absolute atomic E-state index is 0.0680. The van der Waals surface area contributed by atoms with Crippen molar-refractivity contribution in [3.63, 3.8) is 0 Å². The van der Waals surface area contributed by atoms with Crippen LogP contribution in [0, 0.1) is 19.7 Å². The summed E-state index contributed by atoms with van der Waals surface area (Å²) in [5.41, 5.74) is 4.04. The highest BCUT2D eigenvalue weighted by Gasteiger charge is 2.32. The Kier molecular flexibility index (Phi) is 7.76. The van der Waals surface area contributed by atoms with Crippen molar-refractivity contribution in [1.29, 1.82) is 0 Å². The maximum absolute atomic E-state index is 16.9. The Morgan fingerprint density at radius 3 is 2.70 bits per heavy atom. The van der Waals surface area contributed by atoms with E-state index >= 15 is 4.39 Å². The van der Waals surface area contributed by atoms with Gasteiger partial charge in [0.25, 0.3) is 0 Å². The number of anilines is 1. The molecule has 6 rings (SSSR count). The summed E-state index contributed by atoms with van der Waals surface area (Å²) in [7, 11) is 2.08. The summed E-state index contributed by atoms with van der Waals surface area (Å²) in [4.78, 5) is 28.3. The lowest BCUT2D eigenvalue weighted by Gasteiger charge is -2.41. The van der Waals surface area contributed by atoms with E-state index in [1.165, 1.54) is 0 Å². The molecule has 2 aromatic heterocycles. The summed E-state index contributed by atoms with van der Waals surface area (Å²) in [6.07, 6.45) is 2.13. The van der Waals surface area contributed by atoms with E-state index in [1.807, 2.05) is 32.9 Å². The average molecular weight is 606 g/mol. The molecule has 2 fully saturated rings. The highest BCUT2D eigenvalue weighted by Crippen LogP contribution is 2.43. The lowest BCUT2D eigenvalue weighted by molar-refractivity contribution is -0.127. The van der Waals surface area contributed by atoms with Crippen LogP contribution in [0.15, 0.2) is 30.4 Å². The van der Waals surface area contributed by atoms with Crippen molar-refractivity contribution in [2.24, 2.45) is 0 Å². The number of carbonyl (C=O) groups is 1. The molecule has 4 aromatic rings. The van der Waals surface area contributed by atoms with Gasteiger partial charge in [-0.2, -0.15) is 15.1 Å². The first-order valence-electron chi connectivity index (χ1n) is 14.7. The minimum atomic E-state index is -0.533. The highest BCUT2D eigenvalue weighted by molar-refractivity contribution is 6.35. The molecule has 2 saturated heterocycles. The van der Waals surface area contributed by atoms with Gasteiger partial charge in [-0.05, 0) is 71.8 Å². The first-order valence-corrected chi connectivity index (χ1v) is 15.1. The molecule has 4 heterocycles. The molecule has 2 aliphatic rings. The Morgan fingerprint density at radius 1 is 1.21 bits per heavy atom. The van der Waals surface area contributed by atoms with Crippen molar-refractivity contribution < 1.29 is 13.9 Å². The topological polar surface area (TPSA) is 90.5 Å².